The van der Waals surface area contributed by atoms with E-state index in [4.69, 9.17) is 4.74 Å². The fraction of sp³-hybridized carbons (Fsp3) is 0.348. The number of benzene rings is 1. The van der Waals surface area contributed by atoms with E-state index < -0.39 is 11.9 Å². The fourth-order valence-corrected chi connectivity index (χ4v) is 5.02. The third-order valence-electron chi connectivity index (χ3n) is 5.79. The molecule has 0 unspecified atom stereocenters. The fourth-order valence-electron chi connectivity index (χ4n) is 3.92. The van der Waals surface area contributed by atoms with Crippen LogP contribution < -0.4 is 15.1 Å². The largest absolute Gasteiger partial charge is 0.378 e. The number of aromatic nitrogens is 4. The molecule has 0 bridgehead atoms. The molecule has 0 aliphatic carbocycles. The molecule has 34 heavy (non-hydrogen) atoms. The third-order valence-corrected chi connectivity index (χ3v) is 6.93. The van der Waals surface area contributed by atoms with Crippen LogP contribution in [-0.4, -0.2) is 76.7 Å². The van der Waals surface area contributed by atoms with Crippen molar-refractivity contribution in [3.05, 3.63) is 60.3 Å². The summed E-state index contributed by atoms with van der Waals surface area (Å²) in [6.07, 6.45) is 3.24. The van der Waals surface area contributed by atoms with Gasteiger partial charge in [-0.1, -0.05) is 30.3 Å². The number of fused-ring (bicyclic) bond motifs is 1. The van der Waals surface area contributed by atoms with Gasteiger partial charge in [0.15, 0.2) is 0 Å². The summed E-state index contributed by atoms with van der Waals surface area (Å²) in [5.74, 6) is 0.626. The lowest BCUT2D eigenvalue weighted by molar-refractivity contribution is -0.119. The van der Waals surface area contributed by atoms with Gasteiger partial charge in [-0.2, -0.15) is 0 Å². The second-order valence-electron chi connectivity index (χ2n) is 8.10. The molecule has 3 aromatic rings. The Morgan fingerprint density at radius 1 is 1.21 bits per heavy atom. The number of ether oxygens (including phenoxy) is 1. The molecule has 0 saturated carbocycles. The number of rotatable bonds is 5. The monoisotopic (exact) mass is 479 g/mol. The summed E-state index contributed by atoms with van der Waals surface area (Å²) in [7, 11) is 1.70. The SMILES string of the molecule is CN1C(=O)[C@@H](NC(=O)c2ncn(Cc3ccccc3)n2)CSc2cc(N3CCOCC3)ncc21. The number of nitrogens with one attached hydrogen (secondary N) is 1. The molecule has 1 aromatic carbocycles. The number of pyridine rings is 1. The van der Waals surface area contributed by atoms with E-state index in [0.717, 1.165) is 35.1 Å². The minimum absolute atomic E-state index is 0.0365. The number of anilines is 2. The van der Waals surface area contributed by atoms with Crippen molar-refractivity contribution in [2.24, 2.45) is 0 Å². The van der Waals surface area contributed by atoms with E-state index in [1.54, 1.807) is 22.8 Å². The highest BCUT2D eigenvalue weighted by atomic mass is 32.2. The van der Waals surface area contributed by atoms with E-state index in [1.165, 1.54) is 18.1 Å². The lowest BCUT2D eigenvalue weighted by Crippen LogP contribution is -2.48. The van der Waals surface area contributed by atoms with Crippen LogP contribution in [0, 0.1) is 0 Å². The molecule has 1 saturated heterocycles. The normalized spacial score (nSPS) is 18.4. The van der Waals surface area contributed by atoms with Crippen LogP contribution in [-0.2, 0) is 16.1 Å². The Labute approximate surface area is 201 Å². The predicted octanol–water partition coefficient (Wildman–Crippen LogP) is 1.43. The lowest BCUT2D eigenvalue weighted by atomic mass is 10.2. The number of hydrogen-bond donors (Lipinski definition) is 1. The Morgan fingerprint density at radius 2 is 2.00 bits per heavy atom. The van der Waals surface area contributed by atoms with Crippen molar-refractivity contribution in [3.63, 3.8) is 0 Å². The van der Waals surface area contributed by atoms with Gasteiger partial charge in [0.2, 0.25) is 11.7 Å². The summed E-state index contributed by atoms with van der Waals surface area (Å²) in [4.78, 5) is 39.3. The number of morpholine rings is 1. The van der Waals surface area contributed by atoms with Crippen molar-refractivity contribution in [1.29, 1.82) is 0 Å². The van der Waals surface area contributed by atoms with Gasteiger partial charge in [-0.05, 0) is 11.6 Å². The number of thioether (sulfide) groups is 1. The summed E-state index contributed by atoms with van der Waals surface area (Å²) in [6.45, 7) is 3.43. The number of amides is 2. The van der Waals surface area contributed by atoms with Gasteiger partial charge in [0.25, 0.3) is 5.91 Å². The van der Waals surface area contributed by atoms with Crippen LogP contribution >= 0.6 is 11.8 Å². The molecular weight excluding hydrogens is 454 g/mol. The number of hydrogen-bond acceptors (Lipinski definition) is 8. The average Bonchev–Trinajstić information content (AvgIpc) is 3.31. The molecule has 4 heterocycles. The molecule has 1 N–H and O–H groups in total. The van der Waals surface area contributed by atoms with E-state index >= 15 is 0 Å². The minimum atomic E-state index is -0.706. The zero-order valence-electron chi connectivity index (χ0n) is 18.8. The molecular formula is C23H25N7O3S. The van der Waals surface area contributed by atoms with Crippen molar-refractivity contribution < 1.29 is 14.3 Å². The number of carbonyl (C=O) groups excluding carboxylic acids is 2. The molecule has 5 rings (SSSR count). The molecule has 1 fully saturated rings. The van der Waals surface area contributed by atoms with Crippen LogP contribution in [0.15, 0.2) is 53.8 Å². The van der Waals surface area contributed by atoms with Crippen LogP contribution in [0.5, 0.6) is 0 Å². The smallest absolute Gasteiger partial charge is 0.291 e. The van der Waals surface area contributed by atoms with Crippen LogP contribution in [0.4, 0.5) is 11.5 Å². The van der Waals surface area contributed by atoms with Crippen LogP contribution in [0.3, 0.4) is 0 Å². The summed E-state index contributed by atoms with van der Waals surface area (Å²) in [5.41, 5.74) is 1.79. The second-order valence-corrected chi connectivity index (χ2v) is 9.16. The highest BCUT2D eigenvalue weighted by Gasteiger charge is 2.31. The van der Waals surface area contributed by atoms with Gasteiger partial charge in [-0.3, -0.25) is 9.59 Å². The van der Waals surface area contributed by atoms with E-state index in [0.29, 0.717) is 25.5 Å². The molecule has 10 nitrogen and oxygen atoms in total. The van der Waals surface area contributed by atoms with Gasteiger partial charge in [0.05, 0.1) is 31.6 Å². The van der Waals surface area contributed by atoms with Crippen molar-refractivity contribution in [1.82, 2.24) is 25.1 Å². The van der Waals surface area contributed by atoms with E-state index in [9.17, 15) is 9.59 Å². The predicted molar refractivity (Wildman–Crippen MR) is 128 cm³/mol. The highest BCUT2D eigenvalue weighted by Crippen LogP contribution is 2.35. The van der Waals surface area contributed by atoms with Crippen molar-refractivity contribution >= 4 is 35.1 Å². The summed E-state index contributed by atoms with van der Waals surface area (Å²) in [5, 5.41) is 7.09. The molecule has 1 atom stereocenters. The molecule has 2 aromatic heterocycles. The van der Waals surface area contributed by atoms with Crippen LogP contribution in [0.2, 0.25) is 0 Å². The first-order valence-electron chi connectivity index (χ1n) is 11.1. The Morgan fingerprint density at radius 3 is 2.79 bits per heavy atom. The Bertz CT molecular complexity index is 1180. The van der Waals surface area contributed by atoms with Gasteiger partial charge in [-0.25, -0.2) is 14.6 Å². The van der Waals surface area contributed by atoms with Crippen molar-refractivity contribution in [2.45, 2.75) is 17.5 Å². The number of carbonyl (C=O) groups is 2. The molecule has 0 radical (unpaired) electrons. The van der Waals surface area contributed by atoms with Crippen molar-refractivity contribution in [3.8, 4) is 0 Å². The molecule has 2 aliphatic heterocycles. The number of likely N-dealkylation sites (N-methyl/N-ethyl adjacent to an activating group) is 1. The lowest BCUT2D eigenvalue weighted by Gasteiger charge is -2.28. The summed E-state index contributed by atoms with van der Waals surface area (Å²) < 4.78 is 7.03. The third kappa shape index (κ3) is 4.75. The molecule has 176 valence electrons. The topological polar surface area (TPSA) is 105 Å². The van der Waals surface area contributed by atoms with Gasteiger partial charge < -0.3 is 19.9 Å². The van der Waals surface area contributed by atoms with E-state index in [1.807, 2.05) is 36.4 Å². The van der Waals surface area contributed by atoms with Crippen molar-refractivity contribution in [2.75, 3.05) is 48.9 Å². The van der Waals surface area contributed by atoms with Gasteiger partial charge in [0, 0.05) is 30.8 Å². The van der Waals surface area contributed by atoms with Gasteiger partial charge in [-0.15, -0.1) is 16.9 Å². The summed E-state index contributed by atoms with van der Waals surface area (Å²) in [6, 6.07) is 11.1. The molecule has 11 heteroatoms. The van der Waals surface area contributed by atoms with Gasteiger partial charge in [0.1, 0.15) is 18.2 Å². The highest BCUT2D eigenvalue weighted by molar-refractivity contribution is 7.99. The maximum absolute atomic E-state index is 13.1. The first-order valence-corrected chi connectivity index (χ1v) is 12.0. The molecule has 2 amide bonds. The molecule has 2 aliphatic rings. The first-order chi connectivity index (χ1) is 16.6. The maximum Gasteiger partial charge on any atom is 0.291 e. The zero-order chi connectivity index (χ0) is 23.5. The standard InChI is InChI=1S/C23H25N7O3S/c1-28-18-12-24-20(29-7-9-33-10-8-29)11-19(18)34-14-17(23(28)32)26-22(31)21-25-15-30(27-21)13-16-5-3-2-4-6-16/h2-6,11-12,15,17H,7-10,13-14H2,1H3,(H,26,31)/t17-/m0/s1. The zero-order valence-corrected chi connectivity index (χ0v) is 19.6. The quantitative estimate of drug-likeness (QED) is 0.586. The summed E-state index contributed by atoms with van der Waals surface area (Å²) >= 11 is 1.53. The Hall–Kier alpha value is -3.44. The maximum atomic E-state index is 13.1. The second kappa shape index (κ2) is 9.82. The van der Waals surface area contributed by atoms with Gasteiger partial charge >= 0.3 is 0 Å². The van der Waals surface area contributed by atoms with Crippen LogP contribution in [0.1, 0.15) is 16.2 Å². The van der Waals surface area contributed by atoms with E-state index in [2.05, 4.69) is 25.3 Å². The van der Waals surface area contributed by atoms with Crippen LogP contribution in [0.25, 0.3) is 0 Å². The molecule has 0 spiro atoms. The van der Waals surface area contributed by atoms with E-state index in [-0.39, 0.29) is 11.7 Å². The Kier molecular flexibility index (Phi) is 6.45. The number of nitrogens with zero attached hydrogens (tertiary/aromatic N) is 6. The first kappa shape index (κ1) is 22.4. The average molecular weight is 480 g/mol. The Balaban J connectivity index is 1.26. The minimum Gasteiger partial charge on any atom is -0.378 e.